The number of nitrogens with one attached hydrogen (secondary N) is 1. The molecule has 1 saturated carbocycles. The summed E-state index contributed by atoms with van der Waals surface area (Å²) in [4.78, 5) is 23.4. The summed E-state index contributed by atoms with van der Waals surface area (Å²) >= 11 is 0. The number of aliphatic carboxylic acids is 1. The smallest absolute Gasteiger partial charge is 0.306 e. The predicted octanol–water partition coefficient (Wildman–Crippen LogP) is 1.83. The number of carboxylic acid groups (broad SMARTS) is 1. The van der Waals surface area contributed by atoms with Gasteiger partial charge in [-0.15, -0.1) is 0 Å². The number of hydrogen-bond acceptors (Lipinski definition) is 4. The molecule has 26 heavy (non-hydrogen) atoms. The minimum Gasteiger partial charge on any atom is -0.481 e. The largest absolute Gasteiger partial charge is 0.481 e. The lowest BCUT2D eigenvalue weighted by Crippen LogP contribution is -2.31. The van der Waals surface area contributed by atoms with Crippen LogP contribution in [0.5, 0.6) is 0 Å². The third-order valence-electron chi connectivity index (χ3n) is 4.89. The lowest BCUT2D eigenvalue weighted by molar-refractivity contribution is -0.141. The number of carboxylic acids is 1. The van der Waals surface area contributed by atoms with Gasteiger partial charge in [-0.2, -0.15) is 4.31 Å². The van der Waals surface area contributed by atoms with Gasteiger partial charge in [0.05, 0.1) is 10.8 Å². The van der Waals surface area contributed by atoms with E-state index in [0.29, 0.717) is 38.9 Å². The maximum Gasteiger partial charge on any atom is 0.306 e. The van der Waals surface area contributed by atoms with E-state index < -0.39 is 21.9 Å². The Morgan fingerprint density at radius 1 is 1.12 bits per heavy atom. The maximum atomic E-state index is 12.4. The van der Waals surface area contributed by atoms with Gasteiger partial charge in [0.1, 0.15) is 0 Å². The number of rotatable bonds is 8. The summed E-state index contributed by atoms with van der Waals surface area (Å²) < 4.78 is 26.3. The monoisotopic (exact) mass is 382 g/mol. The fraction of sp³-hybridized carbons (Fsp3) is 0.556. The third kappa shape index (κ3) is 4.62. The Kier molecular flexibility index (Phi) is 6.77. The number of carbonyl (C=O) groups excluding carboxylic acids is 1. The van der Waals surface area contributed by atoms with Crippen molar-refractivity contribution < 1.29 is 23.1 Å². The van der Waals surface area contributed by atoms with Crippen LogP contribution in [0.15, 0.2) is 29.2 Å². The summed E-state index contributed by atoms with van der Waals surface area (Å²) in [6.45, 7) is 4.70. The molecule has 1 aromatic carbocycles. The molecule has 1 aliphatic rings. The SMILES string of the molecule is CCN(CC)S(=O)(=O)c1ccc(CNC(=O)[C@@H]2CC[C@H](C(=O)O)C2)cc1. The minimum atomic E-state index is -3.49. The van der Waals surface area contributed by atoms with Crippen LogP contribution < -0.4 is 5.32 Å². The van der Waals surface area contributed by atoms with E-state index in [1.54, 1.807) is 38.1 Å². The van der Waals surface area contributed by atoms with E-state index in [-0.39, 0.29) is 16.7 Å². The van der Waals surface area contributed by atoms with Crippen molar-refractivity contribution in [3.05, 3.63) is 29.8 Å². The normalized spacial score (nSPS) is 20.3. The van der Waals surface area contributed by atoms with Gasteiger partial charge in [0.15, 0.2) is 0 Å². The zero-order chi connectivity index (χ0) is 19.3. The fourth-order valence-electron chi connectivity index (χ4n) is 3.27. The van der Waals surface area contributed by atoms with Gasteiger partial charge in [0, 0.05) is 25.6 Å². The fourth-order valence-corrected chi connectivity index (χ4v) is 4.73. The molecule has 1 fully saturated rings. The van der Waals surface area contributed by atoms with E-state index in [1.807, 2.05) is 0 Å². The second-order valence-corrected chi connectivity index (χ2v) is 8.43. The highest BCUT2D eigenvalue weighted by Crippen LogP contribution is 2.31. The van der Waals surface area contributed by atoms with Crippen LogP contribution in [0.3, 0.4) is 0 Å². The first-order valence-corrected chi connectivity index (χ1v) is 10.3. The number of benzene rings is 1. The van der Waals surface area contributed by atoms with Crippen molar-refractivity contribution in [2.45, 2.75) is 44.6 Å². The first-order valence-electron chi connectivity index (χ1n) is 8.89. The molecule has 2 N–H and O–H groups in total. The molecule has 2 atom stereocenters. The van der Waals surface area contributed by atoms with Gasteiger partial charge in [-0.05, 0) is 37.0 Å². The summed E-state index contributed by atoms with van der Waals surface area (Å²) in [5, 5.41) is 11.8. The summed E-state index contributed by atoms with van der Waals surface area (Å²) in [6.07, 6.45) is 1.50. The van der Waals surface area contributed by atoms with Gasteiger partial charge >= 0.3 is 5.97 Å². The van der Waals surface area contributed by atoms with Crippen LogP contribution in [0, 0.1) is 11.8 Å². The van der Waals surface area contributed by atoms with Gasteiger partial charge in [-0.25, -0.2) is 8.42 Å². The van der Waals surface area contributed by atoms with Crippen molar-refractivity contribution in [2.24, 2.45) is 11.8 Å². The standard InChI is InChI=1S/C18H26N2O5S/c1-3-20(4-2)26(24,25)16-9-5-13(6-10-16)12-19-17(21)14-7-8-15(11-14)18(22)23/h5-6,9-10,14-15H,3-4,7-8,11-12H2,1-2H3,(H,19,21)(H,22,23)/t14-,15+/m1/s1. The van der Waals surface area contributed by atoms with Crippen molar-refractivity contribution in [1.29, 1.82) is 0 Å². The van der Waals surface area contributed by atoms with E-state index in [9.17, 15) is 18.0 Å². The zero-order valence-electron chi connectivity index (χ0n) is 15.1. The highest BCUT2D eigenvalue weighted by molar-refractivity contribution is 7.89. The predicted molar refractivity (Wildman–Crippen MR) is 96.9 cm³/mol. The van der Waals surface area contributed by atoms with Gasteiger partial charge < -0.3 is 10.4 Å². The van der Waals surface area contributed by atoms with Crippen LogP contribution in [0.1, 0.15) is 38.7 Å². The minimum absolute atomic E-state index is 0.145. The van der Waals surface area contributed by atoms with Crippen LogP contribution in [-0.2, 0) is 26.2 Å². The van der Waals surface area contributed by atoms with E-state index >= 15 is 0 Å². The average molecular weight is 382 g/mol. The van der Waals surface area contributed by atoms with Crippen molar-refractivity contribution in [2.75, 3.05) is 13.1 Å². The van der Waals surface area contributed by atoms with Crippen LogP contribution in [0.4, 0.5) is 0 Å². The van der Waals surface area contributed by atoms with Crippen LogP contribution in [0.2, 0.25) is 0 Å². The Bertz CT molecular complexity index is 741. The Morgan fingerprint density at radius 2 is 1.69 bits per heavy atom. The quantitative estimate of drug-likeness (QED) is 0.714. The lowest BCUT2D eigenvalue weighted by Gasteiger charge is -2.18. The lowest BCUT2D eigenvalue weighted by atomic mass is 10.0. The van der Waals surface area contributed by atoms with Crippen LogP contribution in [0.25, 0.3) is 0 Å². The molecular formula is C18H26N2O5S. The molecule has 1 aliphatic carbocycles. The molecule has 0 aromatic heterocycles. The van der Waals surface area contributed by atoms with Crippen LogP contribution in [-0.4, -0.2) is 42.8 Å². The highest BCUT2D eigenvalue weighted by atomic mass is 32.2. The molecule has 0 aliphatic heterocycles. The zero-order valence-corrected chi connectivity index (χ0v) is 16.0. The molecule has 1 aromatic rings. The number of amides is 1. The third-order valence-corrected chi connectivity index (χ3v) is 6.95. The number of hydrogen-bond donors (Lipinski definition) is 2. The molecule has 8 heteroatoms. The molecular weight excluding hydrogens is 356 g/mol. The molecule has 7 nitrogen and oxygen atoms in total. The summed E-state index contributed by atoms with van der Waals surface area (Å²) in [5.41, 5.74) is 0.796. The summed E-state index contributed by atoms with van der Waals surface area (Å²) in [7, 11) is -3.49. The molecule has 0 saturated heterocycles. The van der Waals surface area contributed by atoms with E-state index in [0.717, 1.165) is 5.56 Å². The van der Waals surface area contributed by atoms with E-state index in [4.69, 9.17) is 5.11 Å². The van der Waals surface area contributed by atoms with Crippen molar-refractivity contribution >= 4 is 21.9 Å². The van der Waals surface area contributed by atoms with E-state index in [2.05, 4.69) is 5.32 Å². The first-order chi connectivity index (χ1) is 12.3. The summed E-state index contributed by atoms with van der Waals surface area (Å²) in [6, 6.07) is 6.47. The maximum absolute atomic E-state index is 12.4. The first kappa shape index (κ1) is 20.4. The average Bonchev–Trinajstić information content (AvgIpc) is 3.11. The highest BCUT2D eigenvalue weighted by Gasteiger charge is 2.33. The van der Waals surface area contributed by atoms with Gasteiger partial charge in [-0.1, -0.05) is 26.0 Å². The Labute approximate surface area is 154 Å². The molecule has 0 unspecified atom stereocenters. The molecule has 0 bridgehead atoms. The molecule has 0 heterocycles. The van der Waals surface area contributed by atoms with Gasteiger partial charge in [-0.3, -0.25) is 9.59 Å². The van der Waals surface area contributed by atoms with Crippen molar-refractivity contribution in [1.82, 2.24) is 9.62 Å². The molecule has 144 valence electrons. The second kappa shape index (κ2) is 8.64. The molecule has 0 spiro atoms. The number of nitrogens with zero attached hydrogens (tertiary/aromatic N) is 1. The Balaban J connectivity index is 1.94. The second-order valence-electron chi connectivity index (χ2n) is 6.50. The molecule has 1 amide bonds. The Hall–Kier alpha value is -1.93. The Morgan fingerprint density at radius 3 is 2.19 bits per heavy atom. The molecule has 0 radical (unpaired) electrons. The molecule has 2 rings (SSSR count). The van der Waals surface area contributed by atoms with Gasteiger partial charge in [0.2, 0.25) is 15.9 Å². The van der Waals surface area contributed by atoms with Gasteiger partial charge in [0.25, 0.3) is 0 Å². The topological polar surface area (TPSA) is 104 Å². The van der Waals surface area contributed by atoms with Crippen molar-refractivity contribution in [3.8, 4) is 0 Å². The van der Waals surface area contributed by atoms with Crippen molar-refractivity contribution in [3.63, 3.8) is 0 Å². The van der Waals surface area contributed by atoms with Crippen LogP contribution >= 0.6 is 0 Å². The summed E-state index contributed by atoms with van der Waals surface area (Å²) in [5.74, 6) is -1.69. The number of carbonyl (C=O) groups is 2. The number of sulfonamides is 1. The van der Waals surface area contributed by atoms with E-state index in [1.165, 1.54) is 4.31 Å².